The molecule has 11 atom stereocenters. The first kappa shape index (κ1) is 101. The van der Waals surface area contributed by atoms with E-state index in [1.54, 1.807) is 129 Å². The van der Waals surface area contributed by atoms with E-state index in [1.165, 1.54) is 50.4 Å². The highest BCUT2D eigenvalue weighted by molar-refractivity contribution is 8.13. The van der Waals surface area contributed by atoms with E-state index >= 15 is 0 Å². The number of benzene rings is 6. The Morgan fingerprint density at radius 1 is 0.412 bits per heavy atom. The van der Waals surface area contributed by atoms with Gasteiger partial charge in [0, 0.05) is 58.6 Å². The van der Waals surface area contributed by atoms with Gasteiger partial charge in [0.1, 0.15) is 60.0 Å². The zero-order valence-electron chi connectivity index (χ0n) is 66.5. The fraction of sp³-hybridized carbons (Fsp3) is 0.372. The molecule has 2 aliphatic carbocycles. The Kier molecular flexibility index (Phi) is 43.0. The Labute approximate surface area is 689 Å². The highest BCUT2D eigenvalue weighted by Gasteiger charge is 2.37. The van der Waals surface area contributed by atoms with Crippen LogP contribution in [0.25, 0.3) is 0 Å². The molecule has 0 spiro atoms. The summed E-state index contributed by atoms with van der Waals surface area (Å²) in [5.41, 5.74) is 39.2. The summed E-state index contributed by atoms with van der Waals surface area (Å²) in [4.78, 5) is 204. The van der Waals surface area contributed by atoms with E-state index in [9.17, 15) is 90.7 Å². The van der Waals surface area contributed by atoms with E-state index in [2.05, 4.69) is 4.74 Å². The van der Waals surface area contributed by atoms with Crippen LogP contribution in [0.3, 0.4) is 0 Å². The highest BCUT2D eigenvalue weighted by Crippen LogP contribution is 2.30. The van der Waals surface area contributed by atoms with Crippen LogP contribution in [-0.2, 0) is 101 Å². The van der Waals surface area contributed by atoms with Crippen molar-refractivity contribution in [3.05, 3.63) is 212 Å². The summed E-state index contributed by atoms with van der Waals surface area (Å²) in [6.45, 7) is 6.66. The molecule has 0 aliphatic heterocycles. The standard InChI is InChI=1S/C16H19NO4.C15H17NO4.C15H19NO4.C14H16FNO4.C13H15NO5.C13H15NO4S/c1-9-2-7-12(14(9)18)15(19)11-5-3-10(4-6-11)8-13(17)16(20)21;16-12(15(19)20)8-9-4-6-10(7-5-9)14(18)11-2-1-3-13(11)17;1-3-13(17)9(2)14(18)11-6-4-10(5-7-11)8-12(16)15(19)20;1-2-11(17)12(15)13(18)9-5-3-8(4-6-9)7-10(16)14(19)20;2*1-19-12(16)7-11(15)9-4-2-8(3-5-9)6-10(14)13(17)18/h3-6,9,12-13H,2,7-8,17H2,1H3,(H,20,21);4-7,11-12H,1-3,8,16H2,(H,19,20);4-7,9,12H,3,8,16H2,1-2H3,(H,19,20);3-6,10,12H,2,7,16H2,1H3,(H,19,20);2*2-5,10H,6-7,14H2,1H3,(H,17,18). The number of halogens is 1. The molecule has 0 amide bonds. The number of rotatable bonds is 36. The lowest BCUT2D eigenvalue weighted by Gasteiger charge is -2.10. The fourth-order valence-electron chi connectivity index (χ4n) is 11.5. The lowest BCUT2D eigenvalue weighted by Crippen LogP contribution is -2.32. The molecule has 0 bridgehead atoms. The molecule has 638 valence electrons. The van der Waals surface area contributed by atoms with Crippen molar-refractivity contribution < 1.29 is 126 Å². The van der Waals surface area contributed by atoms with Crippen LogP contribution >= 0.6 is 11.8 Å². The number of esters is 1. The number of carboxylic acid groups (broad SMARTS) is 6. The minimum absolute atomic E-state index is 0.0203. The molecule has 6 aromatic rings. The molecular formula is C86H101FN6O25S. The Bertz CT molecular complexity index is 4390. The molecule has 119 heavy (non-hydrogen) atoms. The van der Waals surface area contributed by atoms with Gasteiger partial charge in [0.05, 0.1) is 31.3 Å². The third kappa shape index (κ3) is 34.2. The second-order valence-electron chi connectivity index (χ2n) is 28.0. The normalized spacial score (nSPS) is 15.7. The topological polar surface area (TPSA) is 594 Å². The first-order chi connectivity index (χ1) is 56.0. The van der Waals surface area contributed by atoms with Crippen LogP contribution < -0.4 is 34.4 Å². The molecule has 0 aromatic heterocycles. The molecule has 0 saturated heterocycles. The number of hydrogen-bond donors (Lipinski definition) is 12. The van der Waals surface area contributed by atoms with Gasteiger partial charge in [0.2, 0.25) is 12.0 Å². The zero-order chi connectivity index (χ0) is 89.7. The maximum Gasteiger partial charge on any atom is 0.320 e. The van der Waals surface area contributed by atoms with Gasteiger partial charge in [0.15, 0.2) is 39.8 Å². The van der Waals surface area contributed by atoms with Gasteiger partial charge in [-0.15, -0.1) is 0 Å². The van der Waals surface area contributed by atoms with E-state index < -0.39 is 114 Å². The lowest BCUT2D eigenvalue weighted by atomic mass is 9.93. The molecule has 11 unspecified atom stereocenters. The van der Waals surface area contributed by atoms with Gasteiger partial charge in [-0.05, 0) is 111 Å². The predicted molar refractivity (Wildman–Crippen MR) is 434 cm³/mol. The Hall–Kier alpha value is -12.0. The van der Waals surface area contributed by atoms with Gasteiger partial charge in [0.25, 0.3) is 0 Å². The number of ether oxygens (including phenoxy) is 1. The number of thioether (sulfide) groups is 1. The van der Waals surface area contributed by atoms with Gasteiger partial charge in [-0.1, -0.05) is 178 Å². The molecule has 0 radical (unpaired) electrons. The van der Waals surface area contributed by atoms with Crippen LogP contribution in [0, 0.1) is 23.7 Å². The van der Waals surface area contributed by atoms with E-state index in [-0.39, 0.29) is 121 Å². The van der Waals surface area contributed by atoms with Crippen LogP contribution in [0.5, 0.6) is 0 Å². The second kappa shape index (κ2) is 50.6. The van der Waals surface area contributed by atoms with Crippen molar-refractivity contribution in [2.45, 2.75) is 166 Å². The number of nitrogens with two attached hydrogens (primary N) is 6. The summed E-state index contributed by atoms with van der Waals surface area (Å²) in [5, 5.41) is 52.1. The van der Waals surface area contributed by atoms with E-state index in [4.69, 9.17) is 65.0 Å². The number of ketones is 10. The van der Waals surface area contributed by atoms with Gasteiger partial charge in [-0.25, -0.2) is 4.39 Å². The zero-order valence-corrected chi connectivity index (χ0v) is 67.3. The molecule has 2 aliphatic rings. The molecule has 18 N–H and O–H groups in total. The van der Waals surface area contributed by atoms with Crippen molar-refractivity contribution in [2.75, 3.05) is 13.4 Å². The largest absolute Gasteiger partial charge is 0.480 e. The van der Waals surface area contributed by atoms with Gasteiger partial charge >= 0.3 is 41.8 Å². The van der Waals surface area contributed by atoms with Crippen molar-refractivity contribution in [2.24, 2.45) is 58.1 Å². The first-order valence-electron chi connectivity index (χ1n) is 37.6. The average molecular weight is 1670 g/mol. The van der Waals surface area contributed by atoms with E-state index in [0.29, 0.717) is 64.6 Å². The summed E-state index contributed by atoms with van der Waals surface area (Å²) < 4.78 is 17.9. The van der Waals surface area contributed by atoms with Crippen molar-refractivity contribution in [3.63, 3.8) is 0 Å². The van der Waals surface area contributed by atoms with Crippen LogP contribution in [-0.4, -0.2) is 191 Å². The number of alkyl halides is 1. The van der Waals surface area contributed by atoms with Crippen molar-refractivity contribution >= 4 is 116 Å². The summed E-state index contributed by atoms with van der Waals surface area (Å²) in [5.74, 6) is -11.5. The summed E-state index contributed by atoms with van der Waals surface area (Å²) >= 11 is 1.02. The number of carbonyl (C=O) groups is 18. The van der Waals surface area contributed by atoms with Crippen LogP contribution in [0.15, 0.2) is 146 Å². The fourth-order valence-corrected chi connectivity index (χ4v) is 11.8. The molecule has 6 aromatic carbocycles. The number of methoxy groups -OCH3 is 1. The Morgan fingerprint density at radius 2 is 0.697 bits per heavy atom. The molecule has 31 nitrogen and oxygen atoms in total. The minimum atomic E-state index is -2.15. The smallest absolute Gasteiger partial charge is 0.320 e. The van der Waals surface area contributed by atoms with Crippen molar-refractivity contribution in [1.82, 2.24) is 0 Å². The second-order valence-corrected chi connectivity index (χ2v) is 28.8. The van der Waals surface area contributed by atoms with Gasteiger partial charge in [-0.2, -0.15) is 0 Å². The Morgan fingerprint density at radius 3 is 0.958 bits per heavy atom. The first-order valence-corrected chi connectivity index (χ1v) is 38.8. The molecule has 0 heterocycles. The minimum Gasteiger partial charge on any atom is -0.480 e. The third-order valence-electron chi connectivity index (χ3n) is 18.9. The maximum absolute atomic E-state index is 13.5. The summed E-state index contributed by atoms with van der Waals surface area (Å²) in [6, 6.07) is 32.5. The van der Waals surface area contributed by atoms with Crippen LogP contribution in [0.2, 0.25) is 0 Å². The molecule has 2 saturated carbocycles. The van der Waals surface area contributed by atoms with Crippen molar-refractivity contribution in [3.8, 4) is 0 Å². The van der Waals surface area contributed by atoms with E-state index in [1.807, 2.05) is 6.92 Å². The SMILES string of the molecule is CC1CCC(C(=O)c2ccc(CC(N)C(=O)O)cc2)C1=O.CCC(=O)C(C)C(=O)c1ccc(CC(N)C(=O)O)cc1.CCC(=O)C(F)C(=O)c1ccc(CC(N)C(=O)O)cc1.COC(=O)CC(=O)c1ccc(CC(N)C(=O)O)cc1.CSC(=O)CC(=O)c1ccc(CC(N)C(=O)O)cc1.NC(Cc1ccc(C(=O)C2CCCC2=O)cc1)C(=O)O. The van der Waals surface area contributed by atoms with Crippen LogP contribution in [0.1, 0.15) is 181 Å². The highest BCUT2D eigenvalue weighted by atomic mass is 32.2. The summed E-state index contributed by atoms with van der Waals surface area (Å²) in [7, 11) is 1.21. The monoisotopic (exact) mass is 1670 g/mol. The van der Waals surface area contributed by atoms with Gasteiger partial charge in [-0.3, -0.25) is 86.3 Å². The Balaban J connectivity index is 0.000000369. The number of carboxylic acids is 6. The molecule has 33 heteroatoms. The van der Waals surface area contributed by atoms with Crippen molar-refractivity contribution in [1.29, 1.82) is 0 Å². The number of hydrogen-bond acceptors (Lipinski definition) is 26. The maximum atomic E-state index is 13.5. The number of aliphatic carboxylic acids is 6. The predicted octanol–water partition coefficient (Wildman–Crippen LogP) is 6.70. The van der Waals surface area contributed by atoms with Crippen LogP contribution in [0.4, 0.5) is 4.39 Å². The molecule has 8 rings (SSSR count). The third-order valence-corrected chi connectivity index (χ3v) is 19.5. The molecule has 2 fully saturated rings. The van der Waals surface area contributed by atoms with E-state index in [0.717, 1.165) is 46.9 Å². The average Bonchev–Trinajstić information content (AvgIpc) is 1.73. The lowest BCUT2D eigenvalue weighted by molar-refractivity contribution is -0.140. The number of Topliss-reactive ketones (excluding diaryl/α,β-unsaturated/α-hetero) is 10. The summed E-state index contributed by atoms with van der Waals surface area (Å²) in [6.07, 6.45) is 3.72. The number of carbonyl (C=O) groups excluding carboxylic acids is 12. The quantitative estimate of drug-likeness (QED) is 0.0110. The molecular weight excluding hydrogens is 1570 g/mol. The van der Waals surface area contributed by atoms with Gasteiger partial charge < -0.3 is 69.8 Å².